The molecule has 0 saturated heterocycles. The summed E-state index contributed by atoms with van der Waals surface area (Å²) in [6, 6.07) is 1.32. The van der Waals surface area contributed by atoms with Crippen LogP contribution < -0.4 is 10.6 Å². The van der Waals surface area contributed by atoms with Gasteiger partial charge in [-0.1, -0.05) is 12.8 Å². The Labute approximate surface area is 116 Å². The van der Waals surface area contributed by atoms with Crippen molar-refractivity contribution in [3.63, 3.8) is 0 Å². The molecule has 0 bridgehead atoms. The molecular weight excluding hydrogens is 240 g/mol. The molecule has 2 N–H and O–H groups in total. The summed E-state index contributed by atoms with van der Waals surface area (Å²) in [4.78, 5) is 11.8. The van der Waals surface area contributed by atoms with E-state index in [4.69, 9.17) is 4.74 Å². The smallest absolute Gasteiger partial charge is 0.407 e. The van der Waals surface area contributed by atoms with Crippen LogP contribution in [0.2, 0.25) is 0 Å². The van der Waals surface area contributed by atoms with Gasteiger partial charge in [0.15, 0.2) is 0 Å². The zero-order valence-electron chi connectivity index (χ0n) is 12.5. The molecule has 0 aliphatic heterocycles. The van der Waals surface area contributed by atoms with Crippen molar-refractivity contribution in [2.75, 3.05) is 0 Å². The highest BCUT2D eigenvalue weighted by Gasteiger charge is 2.32. The highest BCUT2D eigenvalue weighted by atomic mass is 16.6. The van der Waals surface area contributed by atoms with E-state index in [0.29, 0.717) is 12.1 Å². The van der Waals surface area contributed by atoms with Gasteiger partial charge in [-0.3, -0.25) is 0 Å². The molecule has 2 atom stereocenters. The molecule has 4 heteroatoms. The molecule has 2 saturated carbocycles. The van der Waals surface area contributed by atoms with Crippen molar-refractivity contribution in [1.29, 1.82) is 0 Å². The van der Waals surface area contributed by atoms with Crippen LogP contribution in [0.15, 0.2) is 0 Å². The number of rotatable bonds is 3. The topological polar surface area (TPSA) is 50.4 Å². The maximum Gasteiger partial charge on any atom is 0.407 e. The van der Waals surface area contributed by atoms with Crippen molar-refractivity contribution >= 4 is 6.09 Å². The predicted octanol–water partition coefficient (Wildman–Crippen LogP) is 2.96. The normalized spacial score (nSPS) is 28.6. The van der Waals surface area contributed by atoms with Crippen LogP contribution in [0.1, 0.15) is 65.7 Å². The van der Waals surface area contributed by atoms with Crippen molar-refractivity contribution < 1.29 is 9.53 Å². The Morgan fingerprint density at radius 1 is 1.00 bits per heavy atom. The summed E-state index contributed by atoms with van der Waals surface area (Å²) < 4.78 is 5.34. The van der Waals surface area contributed by atoms with E-state index in [2.05, 4.69) is 10.6 Å². The molecule has 2 unspecified atom stereocenters. The number of alkyl carbamates (subject to hydrolysis) is 1. The van der Waals surface area contributed by atoms with Crippen LogP contribution in [0.3, 0.4) is 0 Å². The van der Waals surface area contributed by atoms with Gasteiger partial charge in [-0.05, 0) is 52.9 Å². The molecule has 19 heavy (non-hydrogen) atoms. The second kappa shape index (κ2) is 6.12. The van der Waals surface area contributed by atoms with Gasteiger partial charge < -0.3 is 15.4 Å². The van der Waals surface area contributed by atoms with Crippen molar-refractivity contribution in [3.05, 3.63) is 0 Å². The highest BCUT2D eigenvalue weighted by molar-refractivity contribution is 5.68. The quantitative estimate of drug-likeness (QED) is 0.827. The summed E-state index contributed by atoms with van der Waals surface area (Å²) in [5, 5.41) is 6.76. The predicted molar refractivity (Wildman–Crippen MR) is 76.2 cm³/mol. The van der Waals surface area contributed by atoms with E-state index in [0.717, 1.165) is 12.8 Å². The van der Waals surface area contributed by atoms with Crippen LogP contribution in [0.4, 0.5) is 4.79 Å². The van der Waals surface area contributed by atoms with Gasteiger partial charge >= 0.3 is 6.09 Å². The van der Waals surface area contributed by atoms with E-state index in [1.165, 1.54) is 32.1 Å². The maximum atomic E-state index is 11.8. The molecule has 0 radical (unpaired) electrons. The molecule has 2 fully saturated rings. The van der Waals surface area contributed by atoms with Gasteiger partial charge in [-0.25, -0.2) is 4.79 Å². The van der Waals surface area contributed by atoms with Crippen LogP contribution in [0.25, 0.3) is 0 Å². The van der Waals surface area contributed by atoms with E-state index in [-0.39, 0.29) is 12.1 Å². The van der Waals surface area contributed by atoms with Crippen molar-refractivity contribution in [2.24, 2.45) is 0 Å². The number of ether oxygens (including phenoxy) is 1. The molecule has 4 nitrogen and oxygen atoms in total. The molecule has 110 valence electrons. The molecule has 0 aromatic carbocycles. The lowest BCUT2D eigenvalue weighted by atomic mass is 10.1. The van der Waals surface area contributed by atoms with Crippen molar-refractivity contribution in [1.82, 2.24) is 10.6 Å². The highest BCUT2D eigenvalue weighted by Crippen LogP contribution is 2.24. The Hall–Kier alpha value is -0.770. The number of hydrogen-bond acceptors (Lipinski definition) is 3. The average Bonchev–Trinajstić information content (AvgIpc) is 2.89. The fourth-order valence-electron chi connectivity index (χ4n) is 3.19. The Bertz CT molecular complexity index is 306. The van der Waals surface area contributed by atoms with Gasteiger partial charge in [0.1, 0.15) is 5.60 Å². The van der Waals surface area contributed by atoms with Gasteiger partial charge in [0, 0.05) is 18.1 Å². The third-order valence-electron chi connectivity index (χ3n) is 4.02. The molecule has 2 aliphatic rings. The first-order chi connectivity index (χ1) is 8.94. The largest absolute Gasteiger partial charge is 0.444 e. The molecule has 0 aromatic heterocycles. The first kappa shape index (κ1) is 14.6. The fraction of sp³-hybridized carbons (Fsp3) is 0.933. The minimum atomic E-state index is -0.420. The minimum absolute atomic E-state index is 0.232. The van der Waals surface area contributed by atoms with E-state index in [1.54, 1.807) is 0 Å². The molecule has 1 amide bonds. The molecule has 2 aliphatic carbocycles. The summed E-state index contributed by atoms with van der Waals surface area (Å²) in [5.41, 5.74) is -0.420. The maximum absolute atomic E-state index is 11.8. The lowest BCUT2D eigenvalue weighted by Crippen LogP contribution is -2.50. The summed E-state index contributed by atoms with van der Waals surface area (Å²) >= 11 is 0. The summed E-state index contributed by atoms with van der Waals surface area (Å²) in [6.45, 7) is 5.69. The Balaban J connectivity index is 1.79. The minimum Gasteiger partial charge on any atom is -0.444 e. The second-order valence-corrected chi connectivity index (χ2v) is 6.94. The molecule has 0 heterocycles. The lowest BCUT2D eigenvalue weighted by molar-refractivity contribution is 0.0497. The van der Waals surface area contributed by atoms with Gasteiger partial charge in [-0.15, -0.1) is 0 Å². The van der Waals surface area contributed by atoms with Gasteiger partial charge in [0.25, 0.3) is 0 Å². The second-order valence-electron chi connectivity index (χ2n) is 6.94. The number of hydrogen-bond donors (Lipinski definition) is 2. The van der Waals surface area contributed by atoms with Crippen molar-refractivity contribution in [2.45, 2.75) is 89.4 Å². The SMILES string of the molecule is CC(C)(C)OC(=O)NC1CCCC1NC1CCCC1. The first-order valence-corrected chi connectivity index (χ1v) is 7.69. The summed E-state index contributed by atoms with van der Waals surface area (Å²) in [6.07, 6.45) is 8.39. The van der Waals surface area contributed by atoms with Crippen LogP contribution in [0.5, 0.6) is 0 Å². The van der Waals surface area contributed by atoms with Crippen molar-refractivity contribution in [3.8, 4) is 0 Å². The van der Waals surface area contributed by atoms with Crippen LogP contribution in [-0.2, 0) is 4.74 Å². The third kappa shape index (κ3) is 4.68. The van der Waals surface area contributed by atoms with Crippen LogP contribution in [-0.4, -0.2) is 29.8 Å². The Morgan fingerprint density at radius 3 is 2.26 bits per heavy atom. The molecule has 0 spiro atoms. The standard InChI is InChI=1S/C15H28N2O2/c1-15(2,3)19-14(18)17-13-10-6-9-12(13)16-11-7-4-5-8-11/h11-13,16H,4-10H2,1-3H3,(H,17,18). The van der Waals surface area contributed by atoms with E-state index in [1.807, 2.05) is 20.8 Å². The average molecular weight is 268 g/mol. The van der Waals surface area contributed by atoms with Gasteiger partial charge in [-0.2, -0.15) is 0 Å². The summed E-state index contributed by atoms with van der Waals surface area (Å²) in [5.74, 6) is 0. The Morgan fingerprint density at radius 2 is 1.63 bits per heavy atom. The number of carbonyl (C=O) groups excluding carboxylic acids is 1. The number of nitrogens with one attached hydrogen (secondary N) is 2. The summed E-state index contributed by atoms with van der Waals surface area (Å²) in [7, 11) is 0. The van der Waals surface area contributed by atoms with E-state index >= 15 is 0 Å². The fourth-order valence-corrected chi connectivity index (χ4v) is 3.19. The molecular formula is C15H28N2O2. The monoisotopic (exact) mass is 268 g/mol. The van der Waals surface area contributed by atoms with Crippen LogP contribution >= 0.6 is 0 Å². The molecule has 2 rings (SSSR count). The van der Waals surface area contributed by atoms with Gasteiger partial charge in [0.05, 0.1) is 0 Å². The number of carbonyl (C=O) groups is 1. The van der Waals surface area contributed by atoms with Crippen LogP contribution in [0, 0.1) is 0 Å². The zero-order chi connectivity index (χ0) is 13.9. The molecule has 0 aromatic rings. The Kier molecular flexibility index (Phi) is 4.71. The zero-order valence-corrected chi connectivity index (χ0v) is 12.5. The van der Waals surface area contributed by atoms with E-state index in [9.17, 15) is 4.79 Å². The third-order valence-corrected chi connectivity index (χ3v) is 4.02. The van der Waals surface area contributed by atoms with Gasteiger partial charge in [0.2, 0.25) is 0 Å². The lowest BCUT2D eigenvalue weighted by Gasteiger charge is -2.27. The van der Waals surface area contributed by atoms with E-state index < -0.39 is 5.60 Å². The number of amides is 1. The first-order valence-electron chi connectivity index (χ1n) is 7.69.